The van der Waals surface area contributed by atoms with Crippen LogP contribution in [0.5, 0.6) is 0 Å². The summed E-state index contributed by atoms with van der Waals surface area (Å²) in [4.78, 5) is 4.52. The van der Waals surface area contributed by atoms with E-state index in [1.807, 2.05) is 0 Å². The van der Waals surface area contributed by atoms with E-state index in [1.54, 1.807) is 6.33 Å². The fraction of sp³-hybridized carbons (Fsp3) is 0.882. The Balaban J connectivity index is 1.98. The summed E-state index contributed by atoms with van der Waals surface area (Å²) in [5.41, 5.74) is 0. The summed E-state index contributed by atoms with van der Waals surface area (Å²) in [6.07, 6.45) is 8.37. The molecule has 1 atom stereocenters. The first-order valence-corrected chi connectivity index (χ1v) is 8.67. The van der Waals surface area contributed by atoms with Crippen molar-refractivity contribution in [3.05, 3.63) is 12.2 Å². The third-order valence-electron chi connectivity index (χ3n) is 4.61. The second-order valence-corrected chi connectivity index (χ2v) is 7.28. The van der Waals surface area contributed by atoms with Crippen molar-refractivity contribution in [2.45, 2.75) is 65.8 Å². The smallest absolute Gasteiger partial charge is 0.138 e. The lowest BCUT2D eigenvalue weighted by atomic mass is 9.87. The fourth-order valence-electron chi connectivity index (χ4n) is 3.48. The first kappa shape index (κ1) is 16.5. The van der Waals surface area contributed by atoms with Gasteiger partial charge in [-0.3, -0.25) is 0 Å². The molecule has 4 nitrogen and oxygen atoms in total. The molecule has 0 saturated heterocycles. The number of hydrogen-bond acceptors (Lipinski definition) is 3. The van der Waals surface area contributed by atoms with E-state index in [-0.39, 0.29) is 0 Å². The summed E-state index contributed by atoms with van der Waals surface area (Å²) in [6.45, 7) is 11.1. The predicted octanol–water partition coefficient (Wildman–Crippen LogP) is 3.45. The molecule has 1 fully saturated rings. The molecule has 0 bridgehead atoms. The molecular weight excluding hydrogens is 260 g/mol. The zero-order chi connectivity index (χ0) is 15.2. The van der Waals surface area contributed by atoms with Crippen molar-refractivity contribution in [2.75, 3.05) is 13.1 Å². The van der Waals surface area contributed by atoms with Crippen molar-refractivity contribution < 1.29 is 0 Å². The molecule has 1 aliphatic rings. The molecule has 0 amide bonds. The van der Waals surface area contributed by atoms with Crippen LogP contribution < -0.4 is 5.32 Å². The van der Waals surface area contributed by atoms with Gasteiger partial charge in [-0.1, -0.05) is 39.5 Å². The lowest BCUT2D eigenvalue weighted by molar-refractivity contribution is 0.305. The Morgan fingerprint density at radius 1 is 1.19 bits per heavy atom. The van der Waals surface area contributed by atoms with E-state index >= 15 is 0 Å². The molecule has 0 spiro atoms. The first-order valence-electron chi connectivity index (χ1n) is 8.67. The molecule has 1 aromatic heterocycles. The minimum Gasteiger partial charge on any atom is -0.316 e. The minimum atomic E-state index is 0.398. The lowest BCUT2D eigenvalue weighted by Gasteiger charge is -2.24. The van der Waals surface area contributed by atoms with Gasteiger partial charge in [0, 0.05) is 12.5 Å². The highest BCUT2D eigenvalue weighted by atomic mass is 15.3. The third-order valence-corrected chi connectivity index (χ3v) is 4.61. The van der Waals surface area contributed by atoms with E-state index in [0.29, 0.717) is 17.9 Å². The van der Waals surface area contributed by atoms with Gasteiger partial charge in [0.25, 0.3) is 0 Å². The summed E-state index contributed by atoms with van der Waals surface area (Å²) in [6, 6.07) is 0.398. The molecule has 21 heavy (non-hydrogen) atoms. The van der Waals surface area contributed by atoms with Gasteiger partial charge in [-0.15, -0.1) is 0 Å². The molecular formula is C17H32N4. The molecule has 0 aliphatic heterocycles. The van der Waals surface area contributed by atoms with E-state index in [0.717, 1.165) is 31.3 Å². The van der Waals surface area contributed by atoms with Crippen LogP contribution in [0.15, 0.2) is 6.33 Å². The molecule has 1 unspecified atom stereocenters. The van der Waals surface area contributed by atoms with E-state index in [4.69, 9.17) is 0 Å². The van der Waals surface area contributed by atoms with Gasteiger partial charge in [-0.05, 0) is 44.7 Å². The minimum absolute atomic E-state index is 0.398. The van der Waals surface area contributed by atoms with E-state index < -0.39 is 0 Å². The average Bonchev–Trinajstić information content (AvgIpc) is 3.08. The van der Waals surface area contributed by atoms with Gasteiger partial charge >= 0.3 is 0 Å². The molecule has 1 saturated carbocycles. The van der Waals surface area contributed by atoms with Crippen LogP contribution in [-0.4, -0.2) is 27.9 Å². The van der Waals surface area contributed by atoms with Gasteiger partial charge in [-0.2, -0.15) is 5.10 Å². The normalized spacial score (nSPS) is 18.0. The van der Waals surface area contributed by atoms with Gasteiger partial charge in [0.1, 0.15) is 12.2 Å². The second kappa shape index (κ2) is 7.92. The number of rotatable bonds is 8. The van der Waals surface area contributed by atoms with Crippen LogP contribution in [0.4, 0.5) is 0 Å². The summed E-state index contributed by atoms with van der Waals surface area (Å²) in [7, 11) is 0. The van der Waals surface area contributed by atoms with Gasteiger partial charge < -0.3 is 5.32 Å². The highest BCUT2D eigenvalue weighted by Crippen LogP contribution is 2.33. The number of hydrogen-bond donors (Lipinski definition) is 1. The van der Waals surface area contributed by atoms with Crippen LogP contribution in [0.25, 0.3) is 0 Å². The Morgan fingerprint density at radius 2 is 1.90 bits per heavy atom. The number of nitrogens with zero attached hydrogens (tertiary/aromatic N) is 3. The van der Waals surface area contributed by atoms with E-state index in [1.165, 1.54) is 25.7 Å². The van der Waals surface area contributed by atoms with Gasteiger partial charge in [0.05, 0.1) is 0 Å². The molecule has 1 N–H and O–H groups in total. The fourth-order valence-corrected chi connectivity index (χ4v) is 3.48. The van der Waals surface area contributed by atoms with Crippen molar-refractivity contribution in [1.82, 2.24) is 20.1 Å². The molecule has 4 heteroatoms. The molecule has 1 heterocycles. The lowest BCUT2D eigenvalue weighted by Crippen LogP contribution is -2.32. The summed E-state index contributed by atoms with van der Waals surface area (Å²) >= 11 is 0. The average molecular weight is 292 g/mol. The zero-order valence-corrected chi connectivity index (χ0v) is 14.2. The van der Waals surface area contributed by atoms with Crippen molar-refractivity contribution in [1.29, 1.82) is 0 Å². The van der Waals surface area contributed by atoms with Crippen LogP contribution in [0.2, 0.25) is 0 Å². The van der Waals surface area contributed by atoms with Crippen LogP contribution in [0.3, 0.4) is 0 Å². The summed E-state index contributed by atoms with van der Waals surface area (Å²) in [5, 5.41) is 8.05. The molecule has 120 valence electrons. The molecule has 0 aromatic carbocycles. The maximum Gasteiger partial charge on any atom is 0.138 e. The Morgan fingerprint density at radius 3 is 2.52 bits per heavy atom. The highest BCUT2D eigenvalue weighted by molar-refractivity contribution is 4.92. The predicted molar refractivity (Wildman–Crippen MR) is 87.3 cm³/mol. The maximum absolute atomic E-state index is 4.52. The Bertz CT molecular complexity index is 405. The standard InChI is InChI=1S/C17H32N4/c1-13(2)10-18-11-16(15-7-5-6-8-15)9-17-19-12-20-21(17)14(3)4/h12-16,18H,5-11H2,1-4H3. The monoisotopic (exact) mass is 292 g/mol. The summed E-state index contributed by atoms with van der Waals surface area (Å²) in [5.74, 6) is 3.44. The van der Waals surface area contributed by atoms with Crippen LogP contribution in [-0.2, 0) is 6.42 Å². The van der Waals surface area contributed by atoms with Crippen molar-refractivity contribution in [3.63, 3.8) is 0 Å². The maximum atomic E-state index is 4.52. The molecule has 2 rings (SSSR count). The zero-order valence-electron chi connectivity index (χ0n) is 14.2. The van der Waals surface area contributed by atoms with Crippen LogP contribution >= 0.6 is 0 Å². The number of nitrogens with one attached hydrogen (secondary N) is 1. The quantitative estimate of drug-likeness (QED) is 0.798. The van der Waals surface area contributed by atoms with Gasteiger partial charge in [0.15, 0.2) is 0 Å². The van der Waals surface area contributed by atoms with Crippen molar-refractivity contribution in [3.8, 4) is 0 Å². The van der Waals surface area contributed by atoms with Crippen LogP contribution in [0.1, 0.15) is 65.2 Å². The summed E-state index contributed by atoms with van der Waals surface area (Å²) < 4.78 is 2.09. The molecule has 1 aromatic rings. The first-order chi connectivity index (χ1) is 10.1. The SMILES string of the molecule is CC(C)CNCC(Cc1ncnn1C(C)C)C1CCCC1. The van der Waals surface area contributed by atoms with E-state index in [2.05, 4.69) is 47.8 Å². The van der Waals surface area contributed by atoms with Gasteiger partial charge in [-0.25, -0.2) is 9.67 Å². The Kier molecular flexibility index (Phi) is 6.22. The van der Waals surface area contributed by atoms with Crippen molar-refractivity contribution in [2.24, 2.45) is 17.8 Å². The van der Waals surface area contributed by atoms with Gasteiger partial charge in [0.2, 0.25) is 0 Å². The molecule has 0 radical (unpaired) electrons. The number of aromatic nitrogens is 3. The van der Waals surface area contributed by atoms with E-state index in [9.17, 15) is 0 Å². The Hall–Kier alpha value is -0.900. The highest BCUT2D eigenvalue weighted by Gasteiger charge is 2.26. The third kappa shape index (κ3) is 4.80. The second-order valence-electron chi connectivity index (χ2n) is 7.28. The Labute approximate surface area is 129 Å². The largest absolute Gasteiger partial charge is 0.316 e. The van der Waals surface area contributed by atoms with Crippen molar-refractivity contribution >= 4 is 0 Å². The molecule has 1 aliphatic carbocycles. The van der Waals surface area contributed by atoms with Crippen LogP contribution in [0, 0.1) is 17.8 Å². The topological polar surface area (TPSA) is 42.7 Å².